The molecule has 0 bridgehead atoms. The fraction of sp³-hybridized carbons (Fsp3) is 0.273. The number of H-pyrrole nitrogens is 2. The summed E-state index contributed by atoms with van der Waals surface area (Å²) in [6.07, 6.45) is 7.14. The highest BCUT2D eigenvalue weighted by Gasteiger charge is 2.25. The summed E-state index contributed by atoms with van der Waals surface area (Å²) in [4.78, 5) is 29.0. The van der Waals surface area contributed by atoms with Crippen molar-refractivity contribution in [3.8, 4) is 0 Å². The molecule has 1 aliphatic rings. The van der Waals surface area contributed by atoms with Crippen LogP contribution in [0.15, 0.2) is 61.2 Å². The van der Waals surface area contributed by atoms with Crippen molar-refractivity contribution in [1.29, 1.82) is 0 Å². The number of amides is 1. The van der Waals surface area contributed by atoms with Gasteiger partial charge >= 0.3 is 0 Å². The van der Waals surface area contributed by atoms with Crippen molar-refractivity contribution < 1.29 is 4.79 Å². The zero-order valence-corrected chi connectivity index (χ0v) is 17.0. The maximum atomic E-state index is 13.0. The second-order valence-corrected chi connectivity index (χ2v) is 7.64. The smallest absolute Gasteiger partial charge is 0.240 e. The average molecular weight is 416 g/mol. The Balaban J connectivity index is 1.28. The summed E-state index contributed by atoms with van der Waals surface area (Å²) in [6, 6.07) is 13.7. The first-order valence-electron chi connectivity index (χ1n) is 10.4. The van der Waals surface area contributed by atoms with Gasteiger partial charge in [-0.25, -0.2) is 9.97 Å². The van der Waals surface area contributed by atoms with Gasteiger partial charge < -0.3 is 20.1 Å². The van der Waals surface area contributed by atoms with Crippen LogP contribution in [0.4, 0.5) is 17.3 Å². The molecule has 5 rings (SSSR count). The molecule has 0 saturated carbocycles. The molecule has 0 radical (unpaired) electrons. The molecule has 1 aliphatic heterocycles. The number of piperidine rings is 1. The van der Waals surface area contributed by atoms with Crippen molar-refractivity contribution >= 4 is 34.3 Å². The third-order valence-electron chi connectivity index (χ3n) is 5.55. The van der Waals surface area contributed by atoms with E-state index in [0.29, 0.717) is 5.82 Å². The summed E-state index contributed by atoms with van der Waals surface area (Å²) in [7, 11) is 0. The van der Waals surface area contributed by atoms with E-state index in [1.54, 1.807) is 12.5 Å². The van der Waals surface area contributed by atoms with Crippen LogP contribution in [0.1, 0.15) is 12.8 Å². The van der Waals surface area contributed by atoms with Crippen LogP contribution in [-0.2, 0) is 4.79 Å². The molecule has 1 aromatic carbocycles. The van der Waals surface area contributed by atoms with Crippen LogP contribution in [0.5, 0.6) is 0 Å². The van der Waals surface area contributed by atoms with E-state index in [9.17, 15) is 4.79 Å². The average Bonchev–Trinajstić information content (AvgIpc) is 3.50. The Morgan fingerprint density at radius 2 is 2.06 bits per heavy atom. The summed E-state index contributed by atoms with van der Waals surface area (Å²) in [5.74, 6) is 1.59. The predicted octanol–water partition coefficient (Wildman–Crippen LogP) is 2.60. The lowest BCUT2D eigenvalue weighted by atomic mass is 10.1. The lowest BCUT2D eigenvalue weighted by Crippen LogP contribution is -2.50. The van der Waals surface area contributed by atoms with Crippen molar-refractivity contribution in [2.45, 2.75) is 18.9 Å². The van der Waals surface area contributed by atoms with Gasteiger partial charge in [0.1, 0.15) is 24.3 Å². The second-order valence-electron chi connectivity index (χ2n) is 7.64. The van der Waals surface area contributed by atoms with Gasteiger partial charge in [0.15, 0.2) is 5.82 Å². The number of nitrogens with zero attached hydrogens (tertiary/aromatic N) is 5. The first kappa shape index (κ1) is 19.1. The summed E-state index contributed by atoms with van der Waals surface area (Å²) >= 11 is 0. The summed E-state index contributed by atoms with van der Waals surface area (Å²) in [6.45, 7) is 1.82. The highest BCUT2D eigenvalue weighted by molar-refractivity contribution is 5.87. The minimum Gasteiger partial charge on any atom is -0.354 e. The van der Waals surface area contributed by atoms with Gasteiger partial charge in [-0.15, -0.1) is 0 Å². The molecule has 0 aliphatic carbocycles. The molecule has 158 valence electrons. The van der Waals surface area contributed by atoms with Crippen LogP contribution >= 0.6 is 0 Å². The van der Waals surface area contributed by atoms with E-state index < -0.39 is 0 Å². The molecule has 4 heterocycles. The van der Waals surface area contributed by atoms with E-state index in [-0.39, 0.29) is 18.5 Å². The Kier molecular flexibility index (Phi) is 5.22. The number of para-hydroxylation sites is 1. The maximum absolute atomic E-state index is 13.0. The van der Waals surface area contributed by atoms with E-state index in [0.717, 1.165) is 48.5 Å². The molecular formula is C22H24N8O. The van der Waals surface area contributed by atoms with E-state index in [1.165, 1.54) is 0 Å². The normalized spacial score (nSPS) is 16.4. The number of hydrogen-bond acceptors (Lipinski definition) is 6. The van der Waals surface area contributed by atoms with Crippen LogP contribution in [0.2, 0.25) is 0 Å². The Bertz CT molecular complexity index is 1140. The van der Waals surface area contributed by atoms with Crippen molar-refractivity contribution in [2.75, 3.05) is 29.4 Å². The third kappa shape index (κ3) is 4.07. The number of benzene rings is 1. The molecule has 3 N–H and O–H groups in total. The molecule has 31 heavy (non-hydrogen) atoms. The number of aromatic nitrogens is 5. The summed E-state index contributed by atoms with van der Waals surface area (Å²) in [5, 5.41) is 11.3. The predicted molar refractivity (Wildman–Crippen MR) is 119 cm³/mol. The highest BCUT2D eigenvalue weighted by atomic mass is 16.2. The van der Waals surface area contributed by atoms with Gasteiger partial charge in [0, 0.05) is 43.3 Å². The largest absolute Gasteiger partial charge is 0.354 e. The molecule has 1 saturated heterocycles. The minimum absolute atomic E-state index is 0.0341. The number of nitrogens with one attached hydrogen (secondary N) is 3. The Hall–Kier alpha value is -3.88. The molecule has 4 aromatic rings. The van der Waals surface area contributed by atoms with Gasteiger partial charge in [-0.1, -0.05) is 18.2 Å². The molecule has 0 spiro atoms. The quantitative estimate of drug-likeness (QED) is 0.446. The zero-order chi connectivity index (χ0) is 21.0. The van der Waals surface area contributed by atoms with E-state index >= 15 is 0 Å². The molecule has 1 fully saturated rings. The highest BCUT2D eigenvalue weighted by Crippen LogP contribution is 2.25. The monoisotopic (exact) mass is 416 g/mol. The number of carbonyl (C=O) groups excluding carboxylic acids is 1. The SMILES string of the molecule is O=C(CN(c1ccccc1)c1cc[nH]n1)NC1CCCN(c2ncnc3[nH]ccc23)C1. The zero-order valence-electron chi connectivity index (χ0n) is 17.0. The summed E-state index contributed by atoms with van der Waals surface area (Å²) in [5.41, 5.74) is 1.75. The van der Waals surface area contributed by atoms with Gasteiger partial charge in [0.25, 0.3) is 0 Å². The van der Waals surface area contributed by atoms with Gasteiger partial charge in [-0.3, -0.25) is 9.89 Å². The topological polar surface area (TPSA) is 106 Å². The first-order chi connectivity index (χ1) is 15.3. The van der Waals surface area contributed by atoms with Crippen LogP contribution in [-0.4, -0.2) is 56.7 Å². The lowest BCUT2D eigenvalue weighted by molar-refractivity contribution is -0.120. The van der Waals surface area contributed by atoms with E-state index in [2.05, 4.69) is 35.4 Å². The van der Waals surface area contributed by atoms with Crippen LogP contribution in [0.25, 0.3) is 11.0 Å². The first-order valence-corrected chi connectivity index (χ1v) is 10.4. The van der Waals surface area contributed by atoms with Gasteiger partial charge in [-0.2, -0.15) is 5.10 Å². The number of anilines is 3. The number of aromatic amines is 2. The summed E-state index contributed by atoms with van der Waals surface area (Å²) < 4.78 is 0. The Labute approximate surface area is 179 Å². The van der Waals surface area contributed by atoms with Crippen molar-refractivity contribution in [2.24, 2.45) is 0 Å². The molecule has 9 heteroatoms. The van der Waals surface area contributed by atoms with E-state index in [4.69, 9.17) is 0 Å². The minimum atomic E-state index is -0.0341. The Morgan fingerprint density at radius 3 is 2.90 bits per heavy atom. The third-order valence-corrected chi connectivity index (χ3v) is 5.55. The number of fused-ring (bicyclic) bond motifs is 1. The number of rotatable bonds is 6. The fourth-order valence-corrected chi connectivity index (χ4v) is 4.13. The molecule has 1 unspecified atom stereocenters. The maximum Gasteiger partial charge on any atom is 0.240 e. The van der Waals surface area contributed by atoms with Gasteiger partial charge in [0.2, 0.25) is 5.91 Å². The second kappa shape index (κ2) is 8.47. The van der Waals surface area contributed by atoms with Crippen LogP contribution < -0.4 is 15.1 Å². The lowest BCUT2D eigenvalue weighted by Gasteiger charge is -2.34. The number of carbonyl (C=O) groups is 1. The van der Waals surface area contributed by atoms with E-state index in [1.807, 2.05) is 53.6 Å². The van der Waals surface area contributed by atoms with Crippen LogP contribution in [0.3, 0.4) is 0 Å². The molecule has 3 aromatic heterocycles. The molecular weight excluding hydrogens is 392 g/mol. The fourth-order valence-electron chi connectivity index (χ4n) is 4.13. The van der Waals surface area contributed by atoms with Crippen molar-refractivity contribution in [3.05, 3.63) is 61.2 Å². The standard InChI is InChI=1S/C22H24N8O/c31-20(14-30(19-9-11-26-28-19)17-6-2-1-3-7-17)27-16-5-4-12-29(13-16)22-18-8-10-23-21(18)24-15-25-22/h1-3,6-11,15-16H,4-5,12-14H2,(H,26,28)(H,27,31)(H,23,24,25). The van der Waals surface area contributed by atoms with Crippen molar-refractivity contribution in [1.82, 2.24) is 30.5 Å². The van der Waals surface area contributed by atoms with Crippen molar-refractivity contribution in [3.63, 3.8) is 0 Å². The molecule has 1 amide bonds. The molecule has 1 atom stereocenters. The molecule has 9 nitrogen and oxygen atoms in total. The van der Waals surface area contributed by atoms with Gasteiger partial charge in [0.05, 0.1) is 5.39 Å². The number of hydrogen-bond donors (Lipinski definition) is 3. The van der Waals surface area contributed by atoms with Crippen LogP contribution in [0, 0.1) is 0 Å². The Morgan fingerprint density at radius 1 is 1.16 bits per heavy atom. The van der Waals surface area contributed by atoms with Gasteiger partial charge in [-0.05, 0) is 31.0 Å².